The Kier molecular flexibility index (Phi) is 6.95. The van der Waals surface area contributed by atoms with Crippen molar-refractivity contribution in [3.63, 3.8) is 0 Å². The third kappa shape index (κ3) is 4.42. The molecule has 0 aliphatic rings. The Morgan fingerprint density at radius 3 is 2.17 bits per heavy atom. The number of hydrogen-bond donors (Lipinski definition) is 1. The summed E-state index contributed by atoms with van der Waals surface area (Å²) in [6.45, 7) is 3.45. The number of esters is 2. The van der Waals surface area contributed by atoms with Crippen molar-refractivity contribution >= 4 is 56.2 Å². The molecular formula is C22H19BrClNO5. The van der Waals surface area contributed by atoms with Crippen LogP contribution in [0.5, 0.6) is 0 Å². The molecular weight excluding hydrogens is 474 g/mol. The van der Waals surface area contributed by atoms with E-state index in [4.69, 9.17) is 21.1 Å². The van der Waals surface area contributed by atoms with Crippen LogP contribution in [0.2, 0.25) is 5.02 Å². The van der Waals surface area contributed by atoms with E-state index in [1.807, 2.05) is 0 Å². The SMILES string of the molecule is CCOC(=O)C(C(=O)OCC)c1c(C(=O)c2ccc(Br)cc2)[nH]c2cc(Cl)ccc12. The number of rotatable bonds is 7. The molecule has 8 heteroatoms. The summed E-state index contributed by atoms with van der Waals surface area (Å²) in [5, 5.41) is 0.965. The zero-order valence-corrected chi connectivity index (χ0v) is 18.7. The van der Waals surface area contributed by atoms with Gasteiger partial charge < -0.3 is 14.5 Å². The average Bonchev–Trinajstić information content (AvgIpc) is 3.07. The highest BCUT2D eigenvalue weighted by Crippen LogP contribution is 2.34. The molecule has 0 bridgehead atoms. The van der Waals surface area contributed by atoms with Crippen LogP contribution in [0.3, 0.4) is 0 Å². The minimum absolute atomic E-state index is 0.0823. The summed E-state index contributed by atoms with van der Waals surface area (Å²) in [6, 6.07) is 11.7. The molecule has 3 aromatic rings. The molecule has 0 atom stereocenters. The number of ketones is 1. The van der Waals surface area contributed by atoms with Crippen molar-refractivity contribution in [1.29, 1.82) is 0 Å². The lowest BCUT2D eigenvalue weighted by atomic mass is 9.93. The number of H-pyrrole nitrogens is 1. The Labute approximate surface area is 186 Å². The lowest BCUT2D eigenvalue weighted by Crippen LogP contribution is -2.27. The van der Waals surface area contributed by atoms with Gasteiger partial charge in [-0.25, -0.2) is 0 Å². The molecule has 0 amide bonds. The largest absolute Gasteiger partial charge is 0.465 e. The molecule has 0 unspecified atom stereocenters. The van der Waals surface area contributed by atoms with E-state index in [1.165, 1.54) is 0 Å². The average molecular weight is 493 g/mol. The highest BCUT2D eigenvalue weighted by atomic mass is 79.9. The Balaban J connectivity index is 2.25. The maximum Gasteiger partial charge on any atom is 0.324 e. The summed E-state index contributed by atoms with van der Waals surface area (Å²) in [6.07, 6.45) is 0. The molecule has 1 N–H and O–H groups in total. The number of ether oxygens (including phenoxy) is 2. The minimum Gasteiger partial charge on any atom is -0.465 e. The van der Waals surface area contributed by atoms with Gasteiger partial charge in [-0.05, 0) is 50.2 Å². The fourth-order valence-corrected chi connectivity index (χ4v) is 3.64. The summed E-state index contributed by atoms with van der Waals surface area (Å²) in [5.41, 5.74) is 1.24. The van der Waals surface area contributed by atoms with Crippen LogP contribution in [-0.2, 0) is 19.1 Å². The smallest absolute Gasteiger partial charge is 0.324 e. The predicted octanol–water partition coefficient (Wildman–Crippen LogP) is 5.02. The van der Waals surface area contributed by atoms with E-state index in [2.05, 4.69) is 20.9 Å². The zero-order chi connectivity index (χ0) is 21.8. The van der Waals surface area contributed by atoms with Crippen molar-refractivity contribution in [3.05, 3.63) is 68.8 Å². The molecule has 6 nitrogen and oxygen atoms in total. The molecule has 0 aliphatic heterocycles. The summed E-state index contributed by atoms with van der Waals surface area (Å²) in [5.74, 6) is -3.34. The number of hydrogen-bond acceptors (Lipinski definition) is 5. The Morgan fingerprint density at radius 1 is 1.00 bits per heavy atom. The van der Waals surface area contributed by atoms with E-state index in [9.17, 15) is 14.4 Å². The van der Waals surface area contributed by atoms with E-state index in [0.717, 1.165) is 4.47 Å². The second kappa shape index (κ2) is 9.45. The van der Waals surface area contributed by atoms with E-state index in [-0.39, 0.29) is 30.3 Å². The standard InChI is InChI=1S/C22H19BrClNO5/c1-3-29-21(27)18(22(28)30-4-2)17-15-10-9-14(24)11-16(15)25-19(17)20(26)12-5-7-13(23)8-6-12/h5-11,18,25H,3-4H2,1-2H3. The van der Waals surface area contributed by atoms with Crippen LogP contribution in [0, 0.1) is 0 Å². The first-order chi connectivity index (χ1) is 14.4. The van der Waals surface area contributed by atoms with E-state index in [0.29, 0.717) is 21.5 Å². The van der Waals surface area contributed by atoms with Gasteiger partial charge in [0.1, 0.15) is 0 Å². The third-order valence-corrected chi connectivity index (χ3v) is 5.23. The first-order valence-electron chi connectivity index (χ1n) is 9.32. The Hall–Kier alpha value is -2.64. The maximum absolute atomic E-state index is 13.3. The van der Waals surface area contributed by atoms with Gasteiger partial charge in [0, 0.05) is 31.5 Å². The molecule has 30 heavy (non-hydrogen) atoms. The van der Waals surface area contributed by atoms with Crippen molar-refractivity contribution in [1.82, 2.24) is 4.98 Å². The quantitative estimate of drug-likeness (QED) is 0.284. The van der Waals surface area contributed by atoms with Crippen molar-refractivity contribution in [2.75, 3.05) is 13.2 Å². The fraction of sp³-hybridized carbons (Fsp3) is 0.227. The molecule has 3 rings (SSSR count). The summed E-state index contributed by atoms with van der Waals surface area (Å²) >= 11 is 9.45. The van der Waals surface area contributed by atoms with E-state index in [1.54, 1.807) is 56.3 Å². The molecule has 0 saturated heterocycles. The van der Waals surface area contributed by atoms with Crippen LogP contribution in [0.25, 0.3) is 10.9 Å². The minimum atomic E-state index is -1.41. The maximum atomic E-state index is 13.3. The van der Waals surface area contributed by atoms with Crippen molar-refractivity contribution in [2.45, 2.75) is 19.8 Å². The number of benzene rings is 2. The number of carbonyl (C=O) groups excluding carboxylic acids is 3. The molecule has 156 valence electrons. The highest BCUT2D eigenvalue weighted by molar-refractivity contribution is 9.10. The van der Waals surface area contributed by atoms with Gasteiger partial charge in [-0.3, -0.25) is 14.4 Å². The number of aromatic nitrogens is 1. The van der Waals surface area contributed by atoms with Crippen LogP contribution in [0.4, 0.5) is 0 Å². The van der Waals surface area contributed by atoms with Crippen LogP contribution >= 0.6 is 27.5 Å². The molecule has 1 aromatic heterocycles. The number of fused-ring (bicyclic) bond motifs is 1. The molecule has 0 fully saturated rings. The van der Waals surface area contributed by atoms with Gasteiger partial charge in [0.2, 0.25) is 5.78 Å². The Morgan fingerprint density at radius 2 is 1.60 bits per heavy atom. The van der Waals surface area contributed by atoms with Crippen molar-refractivity contribution in [3.8, 4) is 0 Å². The van der Waals surface area contributed by atoms with E-state index >= 15 is 0 Å². The van der Waals surface area contributed by atoms with Gasteiger partial charge in [0.15, 0.2) is 5.92 Å². The lowest BCUT2D eigenvalue weighted by Gasteiger charge is -2.16. The number of nitrogens with one attached hydrogen (secondary N) is 1. The van der Waals surface area contributed by atoms with Crippen molar-refractivity contribution in [2.24, 2.45) is 0 Å². The van der Waals surface area contributed by atoms with Crippen molar-refractivity contribution < 1.29 is 23.9 Å². The first-order valence-corrected chi connectivity index (χ1v) is 10.5. The lowest BCUT2D eigenvalue weighted by molar-refractivity contribution is -0.156. The molecule has 0 aliphatic carbocycles. The zero-order valence-electron chi connectivity index (χ0n) is 16.3. The van der Waals surface area contributed by atoms with Gasteiger partial charge in [-0.1, -0.05) is 33.6 Å². The van der Waals surface area contributed by atoms with Gasteiger partial charge in [-0.15, -0.1) is 0 Å². The fourth-order valence-electron chi connectivity index (χ4n) is 3.20. The normalized spacial score (nSPS) is 11.0. The molecule has 0 saturated carbocycles. The van der Waals surface area contributed by atoms with E-state index < -0.39 is 17.9 Å². The predicted molar refractivity (Wildman–Crippen MR) is 117 cm³/mol. The van der Waals surface area contributed by atoms with Gasteiger partial charge in [0.05, 0.1) is 18.9 Å². The molecule has 0 radical (unpaired) electrons. The van der Waals surface area contributed by atoms with Crippen LogP contribution < -0.4 is 0 Å². The van der Waals surface area contributed by atoms with Crippen LogP contribution in [0.15, 0.2) is 46.9 Å². The topological polar surface area (TPSA) is 85.5 Å². The third-order valence-electron chi connectivity index (χ3n) is 4.47. The Bertz CT molecular complexity index is 1090. The molecule has 2 aromatic carbocycles. The second-order valence-electron chi connectivity index (χ2n) is 6.38. The monoisotopic (exact) mass is 491 g/mol. The van der Waals surface area contributed by atoms with Crippen LogP contribution in [0.1, 0.15) is 41.4 Å². The summed E-state index contributed by atoms with van der Waals surface area (Å²) < 4.78 is 11.1. The highest BCUT2D eigenvalue weighted by Gasteiger charge is 2.37. The van der Waals surface area contributed by atoms with Crippen LogP contribution in [-0.4, -0.2) is 35.9 Å². The second-order valence-corrected chi connectivity index (χ2v) is 7.73. The van der Waals surface area contributed by atoms with Gasteiger partial charge in [0.25, 0.3) is 0 Å². The summed E-state index contributed by atoms with van der Waals surface area (Å²) in [7, 11) is 0. The summed E-state index contributed by atoms with van der Waals surface area (Å²) in [4.78, 5) is 41.8. The molecule has 0 spiro atoms. The number of halogens is 2. The number of aromatic amines is 1. The van der Waals surface area contributed by atoms with Gasteiger partial charge in [-0.2, -0.15) is 0 Å². The number of carbonyl (C=O) groups is 3. The first kappa shape index (κ1) is 22.1. The molecule has 1 heterocycles. The van der Waals surface area contributed by atoms with Gasteiger partial charge >= 0.3 is 11.9 Å².